The molecule has 2 rings (SSSR count). The molecule has 4 heteroatoms. The molecule has 120 valence electrons. The van der Waals surface area contributed by atoms with Crippen molar-refractivity contribution in [2.45, 2.75) is 59.3 Å². The summed E-state index contributed by atoms with van der Waals surface area (Å²) in [6.45, 7) is 8.73. The van der Waals surface area contributed by atoms with Crippen molar-refractivity contribution in [1.29, 1.82) is 0 Å². The fraction of sp³-hybridized carbons (Fsp3) is 0.824. The lowest BCUT2D eigenvalue weighted by Gasteiger charge is -2.38. The number of nitrogens with one attached hydrogen (secondary N) is 1. The lowest BCUT2D eigenvalue weighted by molar-refractivity contribution is 0.175. The molecule has 1 aliphatic rings. The van der Waals surface area contributed by atoms with Gasteiger partial charge < -0.3 is 5.32 Å². The van der Waals surface area contributed by atoms with Crippen LogP contribution < -0.4 is 5.32 Å². The van der Waals surface area contributed by atoms with E-state index in [1.807, 2.05) is 18.7 Å². The molecule has 1 heterocycles. The number of aryl methyl sites for hydroxylation is 2. The van der Waals surface area contributed by atoms with Gasteiger partial charge in [-0.05, 0) is 44.1 Å². The summed E-state index contributed by atoms with van der Waals surface area (Å²) in [5, 5.41) is 9.04. The Morgan fingerprint density at radius 3 is 2.48 bits per heavy atom. The van der Waals surface area contributed by atoms with Crippen LogP contribution in [0.15, 0.2) is 0 Å². The highest BCUT2D eigenvalue weighted by Crippen LogP contribution is 2.40. The van der Waals surface area contributed by atoms with Crippen molar-refractivity contribution in [2.24, 2.45) is 18.4 Å². The summed E-state index contributed by atoms with van der Waals surface area (Å²) < 4.78 is 1.98. The third-order valence-electron chi connectivity index (χ3n) is 4.77. The fourth-order valence-electron chi connectivity index (χ4n) is 3.57. The summed E-state index contributed by atoms with van der Waals surface area (Å²) in [6.07, 6.45) is 7.73. The standard InChI is InChI=1S/C17H30ClN3/c1-13(2)11-19-12-17(8-6-5-7-9-17)10-15-16(18)14(3)20-21(15)4/h13,19H,5-12H2,1-4H3. The molecule has 0 aliphatic heterocycles. The van der Waals surface area contributed by atoms with Gasteiger partial charge in [0.15, 0.2) is 0 Å². The minimum Gasteiger partial charge on any atom is -0.316 e. The molecule has 3 nitrogen and oxygen atoms in total. The van der Waals surface area contributed by atoms with Crippen molar-refractivity contribution in [2.75, 3.05) is 13.1 Å². The SMILES string of the molecule is Cc1nn(C)c(CC2(CNCC(C)C)CCCCC2)c1Cl. The lowest BCUT2D eigenvalue weighted by Crippen LogP contribution is -2.39. The van der Waals surface area contributed by atoms with Crippen LogP contribution in [0, 0.1) is 18.3 Å². The Balaban J connectivity index is 2.12. The summed E-state index contributed by atoms with van der Waals surface area (Å²) >= 11 is 6.48. The largest absolute Gasteiger partial charge is 0.316 e. The van der Waals surface area contributed by atoms with E-state index >= 15 is 0 Å². The van der Waals surface area contributed by atoms with Gasteiger partial charge in [0.1, 0.15) is 0 Å². The van der Waals surface area contributed by atoms with Gasteiger partial charge in [0.25, 0.3) is 0 Å². The van der Waals surface area contributed by atoms with E-state index in [1.54, 1.807) is 0 Å². The van der Waals surface area contributed by atoms with Crippen molar-refractivity contribution < 1.29 is 0 Å². The average Bonchev–Trinajstić information content (AvgIpc) is 2.66. The molecule has 0 bridgehead atoms. The van der Waals surface area contributed by atoms with Crippen LogP contribution in [-0.2, 0) is 13.5 Å². The fourth-order valence-corrected chi connectivity index (χ4v) is 3.80. The highest BCUT2D eigenvalue weighted by Gasteiger charge is 2.34. The normalized spacial score (nSPS) is 18.4. The third kappa shape index (κ3) is 4.23. The summed E-state index contributed by atoms with van der Waals surface area (Å²) in [6, 6.07) is 0. The maximum atomic E-state index is 6.48. The van der Waals surface area contributed by atoms with Crippen molar-refractivity contribution in [1.82, 2.24) is 15.1 Å². The number of rotatable bonds is 6. The van der Waals surface area contributed by atoms with Crippen molar-refractivity contribution >= 4 is 11.6 Å². The van der Waals surface area contributed by atoms with Gasteiger partial charge in [-0.25, -0.2) is 0 Å². The lowest BCUT2D eigenvalue weighted by atomic mass is 9.71. The molecular weight excluding hydrogens is 282 g/mol. The van der Waals surface area contributed by atoms with Gasteiger partial charge >= 0.3 is 0 Å². The predicted octanol–water partition coefficient (Wildman–Crippen LogP) is 4.12. The first-order chi connectivity index (χ1) is 9.93. The molecule has 1 aromatic rings. The first kappa shape index (κ1) is 16.8. The minimum absolute atomic E-state index is 0.358. The van der Waals surface area contributed by atoms with E-state index in [1.165, 1.54) is 37.8 Å². The number of hydrogen-bond acceptors (Lipinski definition) is 2. The summed E-state index contributed by atoms with van der Waals surface area (Å²) in [5.41, 5.74) is 2.52. The van der Waals surface area contributed by atoms with E-state index in [0.29, 0.717) is 11.3 Å². The topological polar surface area (TPSA) is 29.9 Å². The second kappa shape index (κ2) is 7.15. The summed E-state index contributed by atoms with van der Waals surface area (Å²) in [5.74, 6) is 0.702. The number of halogens is 1. The second-order valence-electron chi connectivity index (χ2n) is 7.23. The van der Waals surface area contributed by atoms with Crippen molar-refractivity contribution in [3.63, 3.8) is 0 Å². The quantitative estimate of drug-likeness (QED) is 0.856. The van der Waals surface area contributed by atoms with E-state index in [0.717, 1.165) is 30.2 Å². The molecule has 1 N–H and O–H groups in total. The van der Waals surface area contributed by atoms with Crippen LogP contribution in [0.4, 0.5) is 0 Å². The van der Waals surface area contributed by atoms with Crippen molar-refractivity contribution in [3.05, 3.63) is 16.4 Å². The highest BCUT2D eigenvalue weighted by molar-refractivity contribution is 6.31. The number of aromatic nitrogens is 2. The average molecular weight is 312 g/mol. The molecule has 0 aromatic carbocycles. The molecule has 0 amide bonds. The molecule has 1 aliphatic carbocycles. The Hall–Kier alpha value is -0.540. The van der Waals surface area contributed by atoms with E-state index in [2.05, 4.69) is 24.3 Å². The number of hydrogen-bond donors (Lipinski definition) is 1. The smallest absolute Gasteiger partial charge is 0.0847 e. The Morgan fingerprint density at radius 2 is 1.95 bits per heavy atom. The second-order valence-corrected chi connectivity index (χ2v) is 7.61. The van der Waals surface area contributed by atoms with Crippen LogP contribution in [-0.4, -0.2) is 22.9 Å². The van der Waals surface area contributed by atoms with Crippen molar-refractivity contribution in [3.8, 4) is 0 Å². The van der Waals surface area contributed by atoms with Gasteiger partial charge in [0.2, 0.25) is 0 Å². The van der Waals surface area contributed by atoms with Crippen LogP contribution in [0.3, 0.4) is 0 Å². The molecule has 1 fully saturated rings. The highest BCUT2D eigenvalue weighted by atomic mass is 35.5. The Bertz CT molecular complexity index is 459. The molecule has 0 saturated heterocycles. The molecule has 0 radical (unpaired) electrons. The predicted molar refractivity (Wildman–Crippen MR) is 89.9 cm³/mol. The van der Waals surface area contributed by atoms with Crippen LogP contribution in [0.1, 0.15) is 57.3 Å². The van der Waals surface area contributed by atoms with Crippen LogP contribution in [0.5, 0.6) is 0 Å². The van der Waals surface area contributed by atoms with Gasteiger partial charge in [-0.3, -0.25) is 4.68 Å². The van der Waals surface area contributed by atoms with E-state index in [-0.39, 0.29) is 0 Å². The molecule has 0 atom stereocenters. The zero-order valence-corrected chi connectivity index (χ0v) is 14.8. The molecule has 1 saturated carbocycles. The molecule has 1 aromatic heterocycles. The zero-order chi connectivity index (χ0) is 15.5. The number of nitrogens with zero attached hydrogens (tertiary/aromatic N) is 2. The maximum Gasteiger partial charge on any atom is 0.0847 e. The van der Waals surface area contributed by atoms with E-state index in [4.69, 9.17) is 11.6 Å². The van der Waals surface area contributed by atoms with Crippen LogP contribution in [0.2, 0.25) is 5.02 Å². The maximum absolute atomic E-state index is 6.48. The van der Waals surface area contributed by atoms with Gasteiger partial charge in [0.05, 0.1) is 16.4 Å². The third-order valence-corrected chi connectivity index (χ3v) is 5.26. The van der Waals surface area contributed by atoms with Gasteiger partial charge in [-0.2, -0.15) is 5.10 Å². The summed E-state index contributed by atoms with van der Waals surface area (Å²) in [4.78, 5) is 0. The van der Waals surface area contributed by atoms with Gasteiger partial charge in [0, 0.05) is 13.6 Å². The molecule has 0 unspecified atom stereocenters. The van der Waals surface area contributed by atoms with Gasteiger partial charge in [-0.1, -0.05) is 44.7 Å². The van der Waals surface area contributed by atoms with Crippen LogP contribution in [0.25, 0.3) is 0 Å². The summed E-state index contributed by atoms with van der Waals surface area (Å²) in [7, 11) is 2.02. The molecule has 21 heavy (non-hydrogen) atoms. The van der Waals surface area contributed by atoms with E-state index < -0.39 is 0 Å². The first-order valence-corrected chi connectivity index (χ1v) is 8.70. The minimum atomic E-state index is 0.358. The van der Waals surface area contributed by atoms with Crippen LogP contribution >= 0.6 is 11.6 Å². The Morgan fingerprint density at radius 1 is 1.29 bits per heavy atom. The van der Waals surface area contributed by atoms with Gasteiger partial charge in [-0.15, -0.1) is 0 Å². The first-order valence-electron chi connectivity index (χ1n) is 8.32. The Labute approximate surface area is 134 Å². The monoisotopic (exact) mass is 311 g/mol. The molecule has 0 spiro atoms. The van der Waals surface area contributed by atoms with E-state index in [9.17, 15) is 0 Å². The zero-order valence-electron chi connectivity index (χ0n) is 14.0. The molecular formula is C17H30ClN3. The Kier molecular flexibility index (Phi) is 5.73.